The van der Waals surface area contributed by atoms with Gasteiger partial charge in [0.15, 0.2) is 0 Å². The van der Waals surface area contributed by atoms with Crippen LogP contribution in [-0.2, 0) is 0 Å². The molecule has 0 amide bonds. The van der Waals surface area contributed by atoms with E-state index in [1.54, 1.807) is 36.4 Å². The first kappa shape index (κ1) is 12.6. The highest BCUT2D eigenvalue weighted by Crippen LogP contribution is 2.27. The Balaban J connectivity index is 2.28. The van der Waals surface area contributed by atoms with Crippen LogP contribution in [0.25, 0.3) is 32.8 Å². The zero-order valence-electron chi connectivity index (χ0n) is 10.6. The van der Waals surface area contributed by atoms with Crippen LogP contribution in [0.4, 0.5) is 0 Å². The molecule has 4 aromatic rings. The van der Waals surface area contributed by atoms with Gasteiger partial charge in [-0.1, -0.05) is 23.2 Å². The highest BCUT2D eigenvalue weighted by Gasteiger charge is 2.11. The fourth-order valence-electron chi connectivity index (χ4n) is 2.44. The largest absolute Gasteiger partial charge is 0.422 e. The molecule has 21 heavy (non-hydrogen) atoms. The molecule has 0 saturated carbocycles. The lowest BCUT2D eigenvalue weighted by molar-refractivity contribution is 0.569. The molecule has 0 saturated heterocycles. The first-order valence-electron chi connectivity index (χ1n) is 6.24. The van der Waals surface area contributed by atoms with Crippen LogP contribution in [0.3, 0.4) is 0 Å². The normalized spacial score (nSPS) is 11.5. The van der Waals surface area contributed by atoms with E-state index in [1.807, 2.05) is 6.07 Å². The van der Waals surface area contributed by atoms with Crippen molar-refractivity contribution in [2.75, 3.05) is 0 Å². The maximum atomic E-state index is 12.1. The third-order valence-corrected chi connectivity index (χ3v) is 3.87. The standard InChI is InChI=1S/C16H7Cl2NO2/c17-9-1-3-13-8(5-9)6-12-15(19-13)11-7-10(18)2-4-14(11)21-16(12)20/h1-7H. The first-order valence-corrected chi connectivity index (χ1v) is 7.00. The van der Waals surface area contributed by atoms with Crippen molar-refractivity contribution in [2.24, 2.45) is 0 Å². The van der Waals surface area contributed by atoms with E-state index in [0.717, 1.165) is 10.9 Å². The average Bonchev–Trinajstić information content (AvgIpc) is 2.47. The minimum atomic E-state index is -0.422. The molecule has 0 aliphatic rings. The number of benzene rings is 2. The topological polar surface area (TPSA) is 43.1 Å². The number of rotatable bonds is 0. The zero-order chi connectivity index (χ0) is 14.6. The lowest BCUT2D eigenvalue weighted by Crippen LogP contribution is -2.01. The van der Waals surface area contributed by atoms with Crippen LogP contribution in [0.2, 0.25) is 10.0 Å². The van der Waals surface area contributed by atoms with Gasteiger partial charge in [-0.25, -0.2) is 9.78 Å². The highest BCUT2D eigenvalue weighted by atomic mass is 35.5. The third kappa shape index (κ3) is 1.97. The Morgan fingerprint density at radius 1 is 0.905 bits per heavy atom. The van der Waals surface area contributed by atoms with Crippen LogP contribution in [-0.4, -0.2) is 4.98 Å². The summed E-state index contributed by atoms with van der Waals surface area (Å²) in [5, 5.41) is 3.09. The molecule has 0 unspecified atom stereocenters. The second-order valence-corrected chi connectivity index (χ2v) is 5.62. The van der Waals surface area contributed by atoms with Gasteiger partial charge >= 0.3 is 5.63 Å². The van der Waals surface area contributed by atoms with Crippen LogP contribution < -0.4 is 5.63 Å². The van der Waals surface area contributed by atoms with Crippen molar-refractivity contribution in [1.82, 2.24) is 4.98 Å². The monoisotopic (exact) mass is 315 g/mol. The summed E-state index contributed by atoms with van der Waals surface area (Å²) in [6.45, 7) is 0. The second kappa shape index (κ2) is 4.45. The molecule has 4 rings (SSSR count). The van der Waals surface area contributed by atoms with E-state index < -0.39 is 5.63 Å². The van der Waals surface area contributed by atoms with E-state index >= 15 is 0 Å². The number of aromatic nitrogens is 1. The van der Waals surface area contributed by atoms with E-state index in [2.05, 4.69) is 4.98 Å². The van der Waals surface area contributed by atoms with Crippen LogP contribution >= 0.6 is 23.2 Å². The van der Waals surface area contributed by atoms with E-state index in [9.17, 15) is 4.79 Å². The van der Waals surface area contributed by atoms with Gasteiger partial charge in [-0.3, -0.25) is 0 Å². The molecule has 2 heterocycles. The van der Waals surface area contributed by atoms with Gasteiger partial charge in [0.1, 0.15) is 5.58 Å². The molecule has 2 aromatic heterocycles. The Hall–Kier alpha value is -2.10. The molecule has 0 bridgehead atoms. The number of nitrogens with zero attached hydrogens (tertiary/aromatic N) is 1. The van der Waals surface area contributed by atoms with Crippen molar-refractivity contribution in [3.63, 3.8) is 0 Å². The SMILES string of the molecule is O=c1oc2ccc(Cl)cc2c2nc3ccc(Cl)cc3cc12. The molecule has 0 aliphatic carbocycles. The van der Waals surface area contributed by atoms with Gasteiger partial charge in [-0.2, -0.15) is 0 Å². The third-order valence-electron chi connectivity index (χ3n) is 3.40. The summed E-state index contributed by atoms with van der Waals surface area (Å²) in [5.41, 5.74) is 1.39. The van der Waals surface area contributed by atoms with Gasteiger partial charge in [0.2, 0.25) is 0 Å². The number of hydrogen-bond donors (Lipinski definition) is 0. The fraction of sp³-hybridized carbons (Fsp3) is 0. The number of pyridine rings is 1. The molecular weight excluding hydrogens is 309 g/mol. The minimum Gasteiger partial charge on any atom is -0.422 e. The van der Waals surface area contributed by atoms with Gasteiger partial charge in [0, 0.05) is 20.8 Å². The molecule has 0 radical (unpaired) electrons. The summed E-state index contributed by atoms with van der Waals surface area (Å²) in [6.07, 6.45) is 0. The summed E-state index contributed by atoms with van der Waals surface area (Å²) in [4.78, 5) is 16.7. The van der Waals surface area contributed by atoms with Crippen molar-refractivity contribution in [3.8, 4) is 0 Å². The summed E-state index contributed by atoms with van der Waals surface area (Å²) >= 11 is 12.0. The number of fused-ring (bicyclic) bond motifs is 4. The Morgan fingerprint density at radius 2 is 1.67 bits per heavy atom. The molecule has 2 aromatic carbocycles. The maximum absolute atomic E-state index is 12.1. The predicted octanol–water partition coefficient (Wildman–Crippen LogP) is 4.80. The molecule has 0 fully saturated rings. The quantitative estimate of drug-likeness (QED) is 0.266. The van der Waals surface area contributed by atoms with Crippen molar-refractivity contribution < 1.29 is 4.42 Å². The fourth-order valence-corrected chi connectivity index (χ4v) is 2.79. The Bertz CT molecular complexity index is 1090. The van der Waals surface area contributed by atoms with Crippen molar-refractivity contribution >= 4 is 56.0 Å². The number of hydrogen-bond acceptors (Lipinski definition) is 3. The second-order valence-electron chi connectivity index (χ2n) is 4.75. The molecule has 5 heteroatoms. The van der Waals surface area contributed by atoms with E-state index in [1.165, 1.54) is 0 Å². The predicted molar refractivity (Wildman–Crippen MR) is 85.3 cm³/mol. The van der Waals surface area contributed by atoms with Gasteiger partial charge in [-0.05, 0) is 42.5 Å². The highest BCUT2D eigenvalue weighted by molar-refractivity contribution is 6.32. The molecule has 0 spiro atoms. The smallest absolute Gasteiger partial charge is 0.345 e. The summed E-state index contributed by atoms with van der Waals surface area (Å²) in [5.74, 6) is 0. The van der Waals surface area contributed by atoms with Gasteiger partial charge < -0.3 is 4.42 Å². The van der Waals surface area contributed by atoms with E-state index in [0.29, 0.717) is 31.9 Å². The summed E-state index contributed by atoms with van der Waals surface area (Å²) in [7, 11) is 0. The summed E-state index contributed by atoms with van der Waals surface area (Å²) in [6, 6.07) is 12.2. The van der Waals surface area contributed by atoms with E-state index in [4.69, 9.17) is 27.6 Å². The zero-order valence-corrected chi connectivity index (χ0v) is 12.1. The molecule has 0 aliphatic heterocycles. The molecule has 0 N–H and O–H groups in total. The Kier molecular flexibility index (Phi) is 2.67. The van der Waals surface area contributed by atoms with Crippen molar-refractivity contribution in [3.05, 3.63) is 62.9 Å². The van der Waals surface area contributed by atoms with Crippen LogP contribution in [0.5, 0.6) is 0 Å². The maximum Gasteiger partial charge on any atom is 0.345 e. The van der Waals surface area contributed by atoms with Crippen molar-refractivity contribution in [1.29, 1.82) is 0 Å². The lowest BCUT2D eigenvalue weighted by Gasteiger charge is -2.05. The molecule has 0 atom stereocenters. The molecule has 102 valence electrons. The summed E-state index contributed by atoms with van der Waals surface area (Å²) < 4.78 is 5.32. The van der Waals surface area contributed by atoms with Crippen LogP contribution in [0.1, 0.15) is 0 Å². The average molecular weight is 316 g/mol. The molecule has 3 nitrogen and oxygen atoms in total. The first-order chi connectivity index (χ1) is 10.1. The van der Waals surface area contributed by atoms with Crippen LogP contribution in [0, 0.1) is 0 Å². The van der Waals surface area contributed by atoms with Gasteiger partial charge in [0.25, 0.3) is 0 Å². The minimum absolute atomic E-state index is 0.416. The van der Waals surface area contributed by atoms with Gasteiger partial charge in [-0.15, -0.1) is 0 Å². The Morgan fingerprint density at radius 3 is 2.52 bits per heavy atom. The van der Waals surface area contributed by atoms with E-state index in [-0.39, 0.29) is 0 Å². The van der Waals surface area contributed by atoms with Gasteiger partial charge in [0.05, 0.1) is 16.4 Å². The lowest BCUT2D eigenvalue weighted by atomic mass is 10.1. The number of halogens is 2. The Labute approximate surface area is 128 Å². The van der Waals surface area contributed by atoms with Crippen LogP contribution in [0.15, 0.2) is 51.7 Å². The van der Waals surface area contributed by atoms with Crippen molar-refractivity contribution in [2.45, 2.75) is 0 Å². The molecular formula is C16H7Cl2NO2.